The minimum Gasteiger partial charge on any atom is -0.489 e. The lowest BCUT2D eigenvalue weighted by molar-refractivity contribution is -0.385. The van der Waals surface area contributed by atoms with E-state index in [4.69, 9.17) is 16.3 Å². The first-order valence-corrected chi connectivity index (χ1v) is 13.9. The molecule has 2 aliphatic heterocycles. The quantitative estimate of drug-likeness (QED) is 0.185. The first-order chi connectivity index (χ1) is 18.8. The van der Waals surface area contributed by atoms with Gasteiger partial charge in [-0.3, -0.25) is 24.5 Å². The lowest BCUT2D eigenvalue weighted by atomic mass is 9.82. The molecular formula is C27H18ClN3O6S2. The van der Waals surface area contributed by atoms with Crippen molar-refractivity contribution < 1.29 is 19.2 Å². The Labute approximate surface area is 234 Å². The molecule has 0 spiro atoms. The molecule has 3 atom stereocenters. The molecule has 3 aromatic carbocycles. The van der Waals surface area contributed by atoms with Gasteiger partial charge in [0.05, 0.1) is 21.6 Å². The van der Waals surface area contributed by atoms with Crippen molar-refractivity contribution >= 4 is 57.9 Å². The number of carbonyl (C=O) groups excluding carboxylic acids is 2. The first-order valence-electron chi connectivity index (χ1n) is 11.8. The predicted molar refractivity (Wildman–Crippen MR) is 148 cm³/mol. The molecule has 3 unspecified atom stereocenters. The van der Waals surface area contributed by atoms with Crippen LogP contribution in [0.3, 0.4) is 0 Å². The third-order valence-electron chi connectivity index (χ3n) is 6.69. The van der Waals surface area contributed by atoms with E-state index in [-0.39, 0.29) is 17.2 Å². The fourth-order valence-corrected chi connectivity index (χ4v) is 7.59. The van der Waals surface area contributed by atoms with E-state index in [9.17, 15) is 24.5 Å². The number of fused-ring (bicyclic) bond motifs is 2. The Morgan fingerprint density at radius 1 is 1.00 bits per heavy atom. The second-order valence-corrected chi connectivity index (χ2v) is 11.6. The highest BCUT2D eigenvalue weighted by Crippen LogP contribution is 2.55. The van der Waals surface area contributed by atoms with E-state index in [0.717, 1.165) is 33.6 Å². The minimum absolute atomic E-state index is 0.182. The van der Waals surface area contributed by atoms with Gasteiger partial charge in [0.25, 0.3) is 5.69 Å². The van der Waals surface area contributed by atoms with Gasteiger partial charge in [-0.15, -0.1) is 0 Å². The Hall–Kier alpha value is -3.93. The zero-order chi connectivity index (χ0) is 27.3. The van der Waals surface area contributed by atoms with Crippen LogP contribution >= 0.6 is 34.7 Å². The number of H-pyrrole nitrogens is 1. The monoisotopic (exact) mass is 579 g/mol. The summed E-state index contributed by atoms with van der Waals surface area (Å²) in [6, 6.07) is 20.0. The minimum atomic E-state index is -0.918. The number of hydrogen-bond acceptors (Lipinski definition) is 8. The van der Waals surface area contributed by atoms with Crippen molar-refractivity contribution in [3.05, 3.63) is 114 Å². The molecule has 0 radical (unpaired) electrons. The van der Waals surface area contributed by atoms with Crippen LogP contribution in [-0.4, -0.2) is 27.0 Å². The number of thiazole rings is 1. The number of nitro groups is 1. The SMILES string of the molecule is O=C1C2Sc3[nH]c(=O)sc3C(c3cc([N+](=O)[O-])ccc3OCc3ccccc3)C2C(=O)N1c1ccc(Cl)cc1. The van der Waals surface area contributed by atoms with E-state index >= 15 is 0 Å². The second-order valence-electron chi connectivity index (χ2n) is 8.99. The third kappa shape index (κ3) is 4.52. The fraction of sp³-hybridized carbons (Fsp3) is 0.148. The van der Waals surface area contributed by atoms with Crippen molar-refractivity contribution in [3.8, 4) is 5.75 Å². The van der Waals surface area contributed by atoms with Gasteiger partial charge >= 0.3 is 4.87 Å². The average molecular weight is 580 g/mol. The molecule has 6 rings (SSSR count). The number of ether oxygens (including phenoxy) is 1. The zero-order valence-corrected chi connectivity index (χ0v) is 22.3. The van der Waals surface area contributed by atoms with Crippen LogP contribution in [0.5, 0.6) is 5.75 Å². The van der Waals surface area contributed by atoms with Gasteiger partial charge in [0.15, 0.2) is 0 Å². The molecule has 0 bridgehead atoms. The number of anilines is 1. The zero-order valence-electron chi connectivity index (χ0n) is 19.9. The molecule has 4 aromatic rings. The smallest absolute Gasteiger partial charge is 0.305 e. The molecule has 3 heterocycles. The fourth-order valence-electron chi connectivity index (χ4n) is 4.96. The van der Waals surface area contributed by atoms with E-state index in [1.54, 1.807) is 24.3 Å². The van der Waals surface area contributed by atoms with Crippen molar-refractivity contribution in [1.29, 1.82) is 0 Å². The molecule has 12 heteroatoms. The summed E-state index contributed by atoms with van der Waals surface area (Å²) in [5, 5.41) is 11.8. The summed E-state index contributed by atoms with van der Waals surface area (Å²) in [7, 11) is 0. The number of benzene rings is 3. The Balaban J connectivity index is 1.48. The topological polar surface area (TPSA) is 123 Å². The van der Waals surface area contributed by atoms with Crippen LogP contribution in [0.2, 0.25) is 5.02 Å². The summed E-state index contributed by atoms with van der Waals surface area (Å²) >= 11 is 8.07. The number of halogens is 1. The molecule has 1 saturated heterocycles. The number of non-ortho nitro benzene ring substituents is 1. The van der Waals surface area contributed by atoms with Crippen LogP contribution in [0, 0.1) is 16.0 Å². The standard InChI is InChI=1S/C27H18ClN3O6S2/c28-15-6-8-16(9-7-15)30-25(32)21-20(22-24(29-27(34)39-22)38-23(21)26(30)33)18-12-17(31(35)36)10-11-19(18)37-13-14-4-2-1-3-5-14/h1-12,20-21,23H,13H2,(H,29,34). The number of amides is 2. The van der Waals surface area contributed by atoms with Crippen molar-refractivity contribution in [1.82, 2.24) is 4.98 Å². The van der Waals surface area contributed by atoms with Crippen molar-refractivity contribution in [3.63, 3.8) is 0 Å². The summed E-state index contributed by atoms with van der Waals surface area (Å²) in [5.74, 6) is -2.31. The van der Waals surface area contributed by atoms with Crippen LogP contribution in [0.1, 0.15) is 21.9 Å². The van der Waals surface area contributed by atoms with Gasteiger partial charge in [0, 0.05) is 33.5 Å². The number of aromatic nitrogens is 1. The summed E-state index contributed by atoms with van der Waals surface area (Å²) in [6.45, 7) is 0.182. The summed E-state index contributed by atoms with van der Waals surface area (Å²) in [4.78, 5) is 55.3. The molecule has 39 heavy (non-hydrogen) atoms. The molecule has 1 aromatic heterocycles. The van der Waals surface area contributed by atoms with Gasteiger partial charge in [-0.2, -0.15) is 0 Å². The number of nitrogens with one attached hydrogen (secondary N) is 1. The largest absolute Gasteiger partial charge is 0.489 e. The Kier molecular flexibility index (Phi) is 6.49. The van der Waals surface area contributed by atoms with Gasteiger partial charge in [0.1, 0.15) is 17.6 Å². The highest BCUT2D eigenvalue weighted by molar-refractivity contribution is 8.00. The highest BCUT2D eigenvalue weighted by Gasteiger charge is 2.57. The lowest BCUT2D eigenvalue weighted by Crippen LogP contribution is -2.32. The molecular weight excluding hydrogens is 562 g/mol. The van der Waals surface area contributed by atoms with Gasteiger partial charge in [-0.25, -0.2) is 4.90 Å². The van der Waals surface area contributed by atoms with Crippen molar-refractivity contribution in [2.24, 2.45) is 5.92 Å². The molecule has 196 valence electrons. The third-order valence-corrected chi connectivity index (χ3v) is 9.34. The lowest BCUT2D eigenvalue weighted by Gasteiger charge is -2.30. The van der Waals surface area contributed by atoms with Gasteiger partial charge < -0.3 is 9.72 Å². The van der Waals surface area contributed by atoms with E-state index in [1.807, 2.05) is 30.3 Å². The van der Waals surface area contributed by atoms with Crippen LogP contribution in [-0.2, 0) is 16.2 Å². The highest BCUT2D eigenvalue weighted by atomic mass is 35.5. The van der Waals surface area contributed by atoms with E-state index in [1.165, 1.54) is 18.2 Å². The number of hydrogen-bond donors (Lipinski definition) is 1. The number of aromatic amines is 1. The molecule has 0 aliphatic carbocycles. The number of rotatable bonds is 6. The van der Waals surface area contributed by atoms with E-state index in [2.05, 4.69) is 4.98 Å². The molecule has 1 N–H and O–H groups in total. The Bertz CT molecular complexity index is 1670. The maximum atomic E-state index is 13.9. The summed E-state index contributed by atoms with van der Waals surface area (Å²) < 4.78 is 6.13. The molecule has 2 aliphatic rings. The number of nitrogens with zero attached hydrogens (tertiary/aromatic N) is 2. The Morgan fingerprint density at radius 2 is 1.74 bits per heavy atom. The van der Waals surface area contributed by atoms with Gasteiger partial charge in [0.2, 0.25) is 11.8 Å². The average Bonchev–Trinajstić information content (AvgIpc) is 3.42. The number of imide groups is 1. The maximum absolute atomic E-state index is 13.9. The predicted octanol–water partition coefficient (Wildman–Crippen LogP) is 5.37. The van der Waals surface area contributed by atoms with Gasteiger partial charge in [-0.1, -0.05) is 65.0 Å². The van der Waals surface area contributed by atoms with E-state index in [0.29, 0.717) is 31.9 Å². The molecule has 2 amide bonds. The van der Waals surface area contributed by atoms with Crippen LogP contribution in [0.4, 0.5) is 11.4 Å². The maximum Gasteiger partial charge on any atom is 0.305 e. The molecule has 9 nitrogen and oxygen atoms in total. The Morgan fingerprint density at radius 3 is 2.46 bits per heavy atom. The molecule has 0 saturated carbocycles. The van der Waals surface area contributed by atoms with Crippen LogP contribution in [0.25, 0.3) is 0 Å². The van der Waals surface area contributed by atoms with Crippen LogP contribution in [0.15, 0.2) is 82.6 Å². The number of carbonyl (C=O) groups is 2. The van der Waals surface area contributed by atoms with E-state index < -0.39 is 33.8 Å². The summed E-state index contributed by atoms with van der Waals surface area (Å²) in [6.07, 6.45) is 0. The van der Waals surface area contributed by atoms with Crippen LogP contribution < -0.4 is 14.5 Å². The first kappa shape index (κ1) is 25.4. The summed E-state index contributed by atoms with van der Waals surface area (Å²) in [5.41, 5.74) is 1.43. The second kappa shape index (κ2) is 9.99. The number of thioether (sulfide) groups is 1. The van der Waals surface area contributed by atoms with Gasteiger partial charge in [-0.05, 0) is 35.9 Å². The van der Waals surface area contributed by atoms with Crippen molar-refractivity contribution in [2.45, 2.75) is 22.8 Å². The van der Waals surface area contributed by atoms with Crippen molar-refractivity contribution in [2.75, 3.05) is 4.90 Å². The number of nitro benzene ring substituents is 1. The normalized spacial score (nSPS) is 20.0. The molecule has 1 fully saturated rings.